The van der Waals surface area contributed by atoms with Crippen LogP contribution in [-0.4, -0.2) is 22.3 Å². The van der Waals surface area contributed by atoms with Gasteiger partial charge in [0, 0.05) is 19.3 Å². The van der Waals surface area contributed by atoms with Crippen LogP contribution in [0.3, 0.4) is 0 Å². The van der Waals surface area contributed by atoms with Crippen molar-refractivity contribution in [3.63, 3.8) is 0 Å². The molecule has 0 aliphatic heterocycles. The van der Waals surface area contributed by atoms with Crippen LogP contribution in [0.25, 0.3) is 0 Å². The van der Waals surface area contributed by atoms with Gasteiger partial charge in [0.25, 0.3) is 0 Å². The monoisotopic (exact) mass is 256 g/mol. The van der Waals surface area contributed by atoms with Crippen molar-refractivity contribution in [1.82, 2.24) is 0 Å². The third-order valence-electron chi connectivity index (χ3n) is 4.83. The van der Waals surface area contributed by atoms with Crippen molar-refractivity contribution in [2.45, 2.75) is 69.9 Å². The van der Waals surface area contributed by atoms with E-state index in [1.807, 2.05) is 7.11 Å². The Morgan fingerprint density at radius 3 is 2.06 bits per heavy atom. The summed E-state index contributed by atoms with van der Waals surface area (Å²) in [5.74, 6) is 0.805. The summed E-state index contributed by atoms with van der Waals surface area (Å²) in [7, 11) is 0.0184. The summed E-state index contributed by atoms with van der Waals surface area (Å²) in [5, 5.41) is 0. The molecule has 0 aromatic heterocycles. The number of rotatable bonds is 5. The van der Waals surface area contributed by atoms with Gasteiger partial charge >= 0.3 is 8.56 Å². The largest absolute Gasteiger partial charge is 0.398 e. The molecule has 1 unspecified atom stereocenters. The molecular formula is C14H28O2Si. The molecule has 0 aromatic rings. The SMILES string of the molecule is CO[Si](C)(OCC1CCCCCC1)C1CCC1. The van der Waals surface area contributed by atoms with Gasteiger partial charge in [0.2, 0.25) is 0 Å². The summed E-state index contributed by atoms with van der Waals surface area (Å²) in [6.07, 6.45) is 12.5. The van der Waals surface area contributed by atoms with E-state index < -0.39 is 8.56 Å². The maximum atomic E-state index is 6.29. The zero-order chi connectivity index (χ0) is 12.1. The van der Waals surface area contributed by atoms with Crippen LogP contribution in [-0.2, 0) is 8.85 Å². The van der Waals surface area contributed by atoms with E-state index in [0.717, 1.165) is 18.1 Å². The highest BCUT2D eigenvalue weighted by Crippen LogP contribution is 2.42. The Hall–Kier alpha value is 0.137. The molecule has 2 fully saturated rings. The van der Waals surface area contributed by atoms with Crippen LogP contribution in [0.15, 0.2) is 0 Å². The molecule has 0 radical (unpaired) electrons. The lowest BCUT2D eigenvalue weighted by atomic mass is 10.00. The Balaban J connectivity index is 1.77. The Morgan fingerprint density at radius 1 is 0.941 bits per heavy atom. The zero-order valence-corrected chi connectivity index (χ0v) is 12.5. The lowest BCUT2D eigenvalue weighted by Gasteiger charge is -2.39. The first kappa shape index (κ1) is 13.6. The van der Waals surface area contributed by atoms with Gasteiger partial charge in [-0.2, -0.15) is 0 Å². The fourth-order valence-corrected chi connectivity index (χ4v) is 5.80. The molecule has 2 rings (SSSR count). The topological polar surface area (TPSA) is 18.5 Å². The molecule has 0 spiro atoms. The first-order valence-electron chi connectivity index (χ1n) is 7.44. The lowest BCUT2D eigenvalue weighted by Crippen LogP contribution is -2.46. The first-order valence-corrected chi connectivity index (χ1v) is 9.83. The highest BCUT2D eigenvalue weighted by Gasteiger charge is 2.43. The molecule has 0 saturated heterocycles. The first-order chi connectivity index (χ1) is 8.24. The second-order valence-electron chi connectivity index (χ2n) is 6.02. The minimum absolute atomic E-state index is 0.762. The molecule has 2 aliphatic rings. The number of hydrogen-bond acceptors (Lipinski definition) is 2. The molecule has 0 bridgehead atoms. The van der Waals surface area contributed by atoms with E-state index in [1.165, 1.54) is 57.8 Å². The van der Waals surface area contributed by atoms with Gasteiger partial charge in [-0.05, 0) is 38.1 Å². The predicted molar refractivity (Wildman–Crippen MR) is 73.4 cm³/mol. The smallest absolute Gasteiger partial charge is 0.337 e. The molecule has 0 heterocycles. The minimum Gasteiger partial charge on any atom is -0.398 e. The highest BCUT2D eigenvalue weighted by atomic mass is 28.4. The van der Waals surface area contributed by atoms with Gasteiger partial charge in [0.05, 0.1) is 0 Å². The van der Waals surface area contributed by atoms with E-state index in [4.69, 9.17) is 8.85 Å². The zero-order valence-electron chi connectivity index (χ0n) is 11.5. The standard InChI is InChI=1S/C14H28O2Si/c1-15-17(2,14-10-7-11-14)16-12-13-8-5-3-4-6-9-13/h13-14H,3-12H2,1-2H3. The summed E-state index contributed by atoms with van der Waals surface area (Å²) in [6.45, 7) is 3.24. The molecule has 100 valence electrons. The van der Waals surface area contributed by atoms with Crippen molar-refractivity contribution in [1.29, 1.82) is 0 Å². The van der Waals surface area contributed by atoms with Gasteiger partial charge in [0.1, 0.15) is 0 Å². The van der Waals surface area contributed by atoms with Gasteiger partial charge in [-0.25, -0.2) is 0 Å². The quantitative estimate of drug-likeness (QED) is 0.541. The van der Waals surface area contributed by atoms with Crippen LogP contribution in [0.5, 0.6) is 0 Å². The minimum atomic E-state index is -1.84. The summed E-state index contributed by atoms with van der Waals surface area (Å²) in [4.78, 5) is 0. The second kappa shape index (κ2) is 6.35. The van der Waals surface area contributed by atoms with E-state index in [9.17, 15) is 0 Å². The molecule has 2 nitrogen and oxygen atoms in total. The molecular weight excluding hydrogens is 228 g/mol. The van der Waals surface area contributed by atoms with Crippen LogP contribution in [0.4, 0.5) is 0 Å². The van der Waals surface area contributed by atoms with Crippen molar-refractivity contribution < 1.29 is 8.85 Å². The molecule has 2 saturated carbocycles. The third-order valence-corrected chi connectivity index (χ3v) is 8.44. The van der Waals surface area contributed by atoms with Crippen molar-refractivity contribution in [3.8, 4) is 0 Å². The highest BCUT2D eigenvalue weighted by molar-refractivity contribution is 6.67. The van der Waals surface area contributed by atoms with E-state index in [0.29, 0.717) is 0 Å². The van der Waals surface area contributed by atoms with Crippen LogP contribution in [0.2, 0.25) is 12.1 Å². The van der Waals surface area contributed by atoms with Crippen LogP contribution in [0.1, 0.15) is 57.8 Å². The van der Waals surface area contributed by atoms with Crippen molar-refractivity contribution in [2.24, 2.45) is 5.92 Å². The average Bonchev–Trinajstić information content (AvgIpc) is 2.52. The second-order valence-corrected chi connectivity index (χ2v) is 9.56. The maximum Gasteiger partial charge on any atom is 0.337 e. The fraction of sp³-hybridized carbons (Fsp3) is 1.00. The van der Waals surface area contributed by atoms with Crippen molar-refractivity contribution >= 4 is 8.56 Å². The van der Waals surface area contributed by atoms with Crippen LogP contribution in [0, 0.1) is 5.92 Å². The maximum absolute atomic E-state index is 6.29. The number of hydrogen-bond donors (Lipinski definition) is 0. The van der Waals surface area contributed by atoms with E-state index >= 15 is 0 Å². The molecule has 2 aliphatic carbocycles. The Labute approximate surface area is 107 Å². The van der Waals surface area contributed by atoms with Gasteiger partial charge < -0.3 is 8.85 Å². The molecule has 0 amide bonds. The summed E-state index contributed by atoms with van der Waals surface area (Å²) in [6, 6.07) is 0. The average molecular weight is 256 g/mol. The van der Waals surface area contributed by atoms with E-state index in [-0.39, 0.29) is 0 Å². The molecule has 0 N–H and O–H groups in total. The van der Waals surface area contributed by atoms with E-state index in [1.54, 1.807) is 0 Å². The van der Waals surface area contributed by atoms with Gasteiger partial charge in [-0.15, -0.1) is 0 Å². The molecule has 1 atom stereocenters. The van der Waals surface area contributed by atoms with Gasteiger partial charge in [-0.3, -0.25) is 0 Å². The van der Waals surface area contributed by atoms with Gasteiger partial charge in [0.15, 0.2) is 0 Å². The van der Waals surface area contributed by atoms with Crippen molar-refractivity contribution in [3.05, 3.63) is 0 Å². The molecule has 3 heteroatoms. The Bertz CT molecular complexity index is 222. The van der Waals surface area contributed by atoms with E-state index in [2.05, 4.69) is 6.55 Å². The summed E-state index contributed by atoms with van der Waals surface area (Å²) < 4.78 is 12.1. The fourth-order valence-electron chi connectivity index (χ4n) is 3.09. The lowest BCUT2D eigenvalue weighted by molar-refractivity contribution is 0.145. The van der Waals surface area contributed by atoms with Gasteiger partial charge in [-0.1, -0.05) is 32.1 Å². The molecule has 17 heavy (non-hydrogen) atoms. The van der Waals surface area contributed by atoms with Crippen molar-refractivity contribution in [2.75, 3.05) is 13.7 Å². The third kappa shape index (κ3) is 3.55. The predicted octanol–water partition coefficient (Wildman–Crippen LogP) is 4.25. The van der Waals surface area contributed by atoms with Crippen LogP contribution >= 0.6 is 0 Å². The Kier molecular flexibility index (Phi) is 5.06. The van der Waals surface area contributed by atoms with Crippen LogP contribution < -0.4 is 0 Å². The summed E-state index contributed by atoms with van der Waals surface area (Å²) >= 11 is 0. The summed E-state index contributed by atoms with van der Waals surface area (Å²) in [5.41, 5.74) is 0.762. The normalized spacial score (nSPS) is 27.2. The molecule has 0 aromatic carbocycles. The Morgan fingerprint density at radius 2 is 1.59 bits per heavy atom.